The lowest BCUT2D eigenvalue weighted by molar-refractivity contribution is -0.122. The molecule has 2 aliphatic rings. The molecule has 2 saturated heterocycles. The van der Waals surface area contributed by atoms with Crippen LogP contribution in [-0.2, 0) is 9.59 Å². The molecule has 2 amide bonds. The average Bonchev–Trinajstić information content (AvgIpc) is 3.35. The number of rotatable bonds is 4. The van der Waals surface area contributed by atoms with E-state index in [1.807, 2.05) is 37.3 Å². The topological polar surface area (TPSA) is 52.7 Å². The largest absolute Gasteiger partial charge is 0.372 e. The summed E-state index contributed by atoms with van der Waals surface area (Å²) in [4.78, 5) is 29.3. The number of benzene rings is 2. The Kier molecular flexibility index (Phi) is 5.07. The molecule has 2 fully saturated rings. The summed E-state index contributed by atoms with van der Waals surface area (Å²) in [5.41, 5.74) is 5.20. The normalized spacial score (nSPS) is 19.4. The van der Waals surface area contributed by atoms with Gasteiger partial charge in [-0.1, -0.05) is 6.07 Å². The summed E-state index contributed by atoms with van der Waals surface area (Å²) in [6, 6.07) is 14.0. The lowest BCUT2D eigenvalue weighted by Crippen LogP contribution is -2.28. The SMILES string of the molecule is Cc1ccc(N2CC(C(=O)Nc3ccc(N4CCCC4)cc3)CC2=O)cc1C. The molecule has 2 aromatic rings. The maximum atomic E-state index is 12.7. The van der Waals surface area contributed by atoms with Crippen LogP contribution in [0, 0.1) is 19.8 Å². The molecule has 2 heterocycles. The number of carbonyl (C=O) groups excluding carboxylic acids is 2. The van der Waals surface area contributed by atoms with Crippen molar-refractivity contribution in [2.24, 2.45) is 5.92 Å². The van der Waals surface area contributed by atoms with Crippen molar-refractivity contribution in [2.45, 2.75) is 33.1 Å². The average molecular weight is 377 g/mol. The van der Waals surface area contributed by atoms with Crippen molar-refractivity contribution in [1.82, 2.24) is 0 Å². The first-order valence-corrected chi connectivity index (χ1v) is 10.0. The standard InChI is InChI=1S/C23H27N3O2/c1-16-5-8-21(13-17(16)2)26-15-18(14-22(26)27)23(28)24-19-6-9-20(10-7-19)25-11-3-4-12-25/h5-10,13,18H,3-4,11-12,14-15H2,1-2H3,(H,24,28). The van der Waals surface area contributed by atoms with Gasteiger partial charge in [0.15, 0.2) is 0 Å². The summed E-state index contributed by atoms with van der Waals surface area (Å²) >= 11 is 0. The predicted octanol–water partition coefficient (Wildman–Crippen LogP) is 3.90. The minimum absolute atomic E-state index is 0.00721. The summed E-state index contributed by atoms with van der Waals surface area (Å²) in [5.74, 6) is -0.409. The van der Waals surface area contributed by atoms with Crippen molar-refractivity contribution in [3.05, 3.63) is 53.6 Å². The van der Waals surface area contributed by atoms with Gasteiger partial charge in [-0.15, -0.1) is 0 Å². The Labute approximate surface area is 166 Å². The van der Waals surface area contributed by atoms with Crippen LogP contribution < -0.4 is 15.1 Å². The van der Waals surface area contributed by atoms with Crippen LogP contribution in [0.1, 0.15) is 30.4 Å². The monoisotopic (exact) mass is 377 g/mol. The summed E-state index contributed by atoms with van der Waals surface area (Å²) in [5, 5.41) is 2.98. The fraction of sp³-hybridized carbons (Fsp3) is 0.391. The van der Waals surface area contributed by atoms with Crippen molar-refractivity contribution in [1.29, 1.82) is 0 Å². The number of nitrogens with zero attached hydrogens (tertiary/aromatic N) is 2. The van der Waals surface area contributed by atoms with E-state index in [0.29, 0.717) is 6.54 Å². The molecule has 0 saturated carbocycles. The van der Waals surface area contributed by atoms with Crippen LogP contribution in [0.25, 0.3) is 0 Å². The van der Waals surface area contributed by atoms with Gasteiger partial charge in [0.25, 0.3) is 0 Å². The van der Waals surface area contributed by atoms with Gasteiger partial charge in [-0.3, -0.25) is 9.59 Å². The van der Waals surface area contributed by atoms with Crippen LogP contribution in [0.15, 0.2) is 42.5 Å². The van der Waals surface area contributed by atoms with Gasteiger partial charge in [-0.25, -0.2) is 0 Å². The van der Waals surface area contributed by atoms with Crippen LogP contribution in [-0.4, -0.2) is 31.4 Å². The number of carbonyl (C=O) groups is 2. The second-order valence-corrected chi connectivity index (χ2v) is 7.90. The van der Waals surface area contributed by atoms with Crippen molar-refractivity contribution in [3.8, 4) is 0 Å². The van der Waals surface area contributed by atoms with Crippen molar-refractivity contribution < 1.29 is 9.59 Å². The molecule has 2 aromatic carbocycles. The third-order valence-corrected chi connectivity index (χ3v) is 5.90. The van der Waals surface area contributed by atoms with Gasteiger partial charge in [0.1, 0.15) is 0 Å². The zero-order valence-electron chi connectivity index (χ0n) is 16.6. The van der Waals surface area contributed by atoms with Gasteiger partial charge in [-0.05, 0) is 74.2 Å². The zero-order chi connectivity index (χ0) is 19.7. The highest BCUT2D eigenvalue weighted by atomic mass is 16.2. The van der Waals surface area contributed by atoms with Crippen molar-refractivity contribution in [2.75, 3.05) is 34.8 Å². The highest BCUT2D eigenvalue weighted by Crippen LogP contribution is 2.28. The molecule has 1 atom stereocenters. The summed E-state index contributed by atoms with van der Waals surface area (Å²) < 4.78 is 0. The molecule has 0 spiro atoms. The molecule has 2 aliphatic heterocycles. The van der Waals surface area contributed by atoms with Crippen LogP contribution in [0.4, 0.5) is 17.1 Å². The maximum Gasteiger partial charge on any atom is 0.229 e. The number of aryl methyl sites for hydroxylation is 2. The fourth-order valence-corrected chi connectivity index (χ4v) is 4.00. The Bertz CT molecular complexity index is 885. The molecule has 1 N–H and O–H groups in total. The lowest BCUT2D eigenvalue weighted by atomic mass is 10.1. The Balaban J connectivity index is 1.39. The van der Waals surface area contributed by atoms with E-state index in [4.69, 9.17) is 0 Å². The number of hydrogen-bond acceptors (Lipinski definition) is 3. The van der Waals surface area contributed by atoms with Crippen molar-refractivity contribution in [3.63, 3.8) is 0 Å². The van der Waals surface area contributed by atoms with Gasteiger partial charge in [0, 0.05) is 43.1 Å². The van der Waals surface area contributed by atoms with Gasteiger partial charge in [0.2, 0.25) is 11.8 Å². The first-order chi connectivity index (χ1) is 13.5. The Morgan fingerprint density at radius 1 is 0.964 bits per heavy atom. The smallest absolute Gasteiger partial charge is 0.229 e. The van der Waals surface area contributed by atoms with Crippen LogP contribution in [0.3, 0.4) is 0 Å². The molecule has 0 radical (unpaired) electrons. The van der Waals surface area contributed by atoms with E-state index < -0.39 is 0 Å². The minimum atomic E-state index is -0.327. The van der Waals surface area contributed by atoms with Crippen LogP contribution >= 0.6 is 0 Å². The van der Waals surface area contributed by atoms with E-state index in [9.17, 15) is 9.59 Å². The molecule has 0 bridgehead atoms. The molecule has 4 rings (SSSR count). The number of anilines is 3. The third kappa shape index (κ3) is 3.75. The van der Waals surface area contributed by atoms with E-state index in [0.717, 1.165) is 30.0 Å². The van der Waals surface area contributed by atoms with E-state index in [-0.39, 0.29) is 24.2 Å². The van der Waals surface area contributed by atoms with E-state index in [2.05, 4.69) is 29.3 Å². The zero-order valence-corrected chi connectivity index (χ0v) is 16.6. The molecule has 0 aliphatic carbocycles. The quantitative estimate of drug-likeness (QED) is 0.879. The van der Waals surface area contributed by atoms with Crippen LogP contribution in [0.5, 0.6) is 0 Å². The van der Waals surface area contributed by atoms with Gasteiger partial charge >= 0.3 is 0 Å². The lowest BCUT2D eigenvalue weighted by Gasteiger charge is -2.19. The molecule has 5 nitrogen and oxygen atoms in total. The highest BCUT2D eigenvalue weighted by molar-refractivity contribution is 6.03. The first-order valence-electron chi connectivity index (χ1n) is 10.0. The predicted molar refractivity (Wildman–Crippen MR) is 113 cm³/mol. The number of hydrogen-bond donors (Lipinski definition) is 1. The Morgan fingerprint density at radius 2 is 1.64 bits per heavy atom. The van der Waals surface area contributed by atoms with E-state index >= 15 is 0 Å². The molecule has 1 unspecified atom stereocenters. The molecular formula is C23H27N3O2. The minimum Gasteiger partial charge on any atom is -0.372 e. The van der Waals surface area contributed by atoms with Crippen molar-refractivity contribution >= 4 is 28.9 Å². The molecule has 0 aromatic heterocycles. The van der Waals surface area contributed by atoms with Gasteiger partial charge < -0.3 is 15.1 Å². The molecular weight excluding hydrogens is 350 g/mol. The number of nitrogens with one attached hydrogen (secondary N) is 1. The second kappa shape index (κ2) is 7.66. The van der Waals surface area contributed by atoms with Gasteiger partial charge in [-0.2, -0.15) is 0 Å². The van der Waals surface area contributed by atoms with Crippen LogP contribution in [0.2, 0.25) is 0 Å². The summed E-state index contributed by atoms with van der Waals surface area (Å²) in [7, 11) is 0. The maximum absolute atomic E-state index is 12.7. The molecule has 5 heteroatoms. The Hall–Kier alpha value is -2.82. The Morgan fingerprint density at radius 3 is 2.32 bits per heavy atom. The fourth-order valence-electron chi connectivity index (χ4n) is 4.00. The molecule has 28 heavy (non-hydrogen) atoms. The van der Waals surface area contributed by atoms with E-state index in [1.54, 1.807) is 4.90 Å². The summed E-state index contributed by atoms with van der Waals surface area (Å²) in [6.07, 6.45) is 2.74. The third-order valence-electron chi connectivity index (χ3n) is 5.90. The molecule has 146 valence electrons. The number of amides is 2. The van der Waals surface area contributed by atoms with Gasteiger partial charge in [0.05, 0.1) is 5.92 Å². The second-order valence-electron chi connectivity index (χ2n) is 7.90. The summed E-state index contributed by atoms with van der Waals surface area (Å²) in [6.45, 7) is 6.72. The highest BCUT2D eigenvalue weighted by Gasteiger charge is 2.35. The van der Waals surface area contributed by atoms with E-state index in [1.165, 1.54) is 24.1 Å². The first kappa shape index (κ1) is 18.5.